The number of hydrogen-bond donors (Lipinski definition) is 2. The van der Waals surface area contributed by atoms with Gasteiger partial charge in [0.05, 0.1) is 19.1 Å². The van der Waals surface area contributed by atoms with Crippen molar-refractivity contribution >= 4 is 29.5 Å². The molecule has 1 amide bonds. The topological polar surface area (TPSA) is 81.2 Å². The molecule has 3 rings (SSSR count). The quantitative estimate of drug-likeness (QED) is 0.563. The van der Waals surface area contributed by atoms with Crippen LogP contribution in [-0.4, -0.2) is 34.9 Å². The molecule has 2 heterocycles. The summed E-state index contributed by atoms with van der Waals surface area (Å²) in [6.45, 7) is 0.803. The van der Waals surface area contributed by atoms with Crippen LogP contribution in [-0.2, 0) is 17.9 Å². The summed E-state index contributed by atoms with van der Waals surface area (Å²) in [7, 11) is 3.20. The Balaban J connectivity index is 1.62. The lowest BCUT2D eigenvalue weighted by atomic mass is 10.2. The lowest BCUT2D eigenvalue weighted by Gasteiger charge is -2.12. The molecular formula is C18H20N4O3S2. The van der Waals surface area contributed by atoms with E-state index in [2.05, 4.69) is 15.5 Å². The molecule has 0 aliphatic carbocycles. The average molecular weight is 405 g/mol. The first-order chi connectivity index (χ1) is 13.1. The predicted octanol–water partition coefficient (Wildman–Crippen LogP) is 3.39. The first kappa shape index (κ1) is 19.1. The van der Waals surface area contributed by atoms with Gasteiger partial charge in [0.25, 0.3) is 0 Å². The van der Waals surface area contributed by atoms with E-state index in [1.807, 2.05) is 40.3 Å². The van der Waals surface area contributed by atoms with Crippen LogP contribution in [0.15, 0.2) is 35.7 Å². The molecule has 142 valence electrons. The van der Waals surface area contributed by atoms with Crippen LogP contribution >= 0.6 is 23.6 Å². The van der Waals surface area contributed by atoms with Crippen molar-refractivity contribution in [3.8, 4) is 22.2 Å². The molecule has 1 aromatic carbocycles. The van der Waals surface area contributed by atoms with Crippen LogP contribution in [0, 0.1) is 4.77 Å². The average Bonchev–Trinajstić information content (AvgIpc) is 3.34. The van der Waals surface area contributed by atoms with E-state index in [0.29, 0.717) is 35.8 Å². The molecule has 0 bridgehead atoms. The van der Waals surface area contributed by atoms with Crippen molar-refractivity contribution in [1.82, 2.24) is 20.1 Å². The summed E-state index contributed by atoms with van der Waals surface area (Å²) in [6.07, 6.45) is 0.290. The maximum Gasteiger partial charge on any atom is 0.222 e. The molecule has 2 N–H and O–H groups in total. The highest BCUT2D eigenvalue weighted by molar-refractivity contribution is 7.71. The molecule has 0 saturated heterocycles. The number of ether oxygens (including phenoxy) is 2. The van der Waals surface area contributed by atoms with Gasteiger partial charge in [-0.15, -0.1) is 11.3 Å². The summed E-state index contributed by atoms with van der Waals surface area (Å²) in [5.41, 5.74) is 0.851. The van der Waals surface area contributed by atoms with Crippen LogP contribution in [0.3, 0.4) is 0 Å². The summed E-state index contributed by atoms with van der Waals surface area (Å²) in [5, 5.41) is 11.9. The zero-order valence-electron chi connectivity index (χ0n) is 15.0. The van der Waals surface area contributed by atoms with Gasteiger partial charge in [-0.3, -0.25) is 14.5 Å². The molecule has 0 atom stereocenters. The maximum absolute atomic E-state index is 12.3. The number of thiophene rings is 1. The Labute approximate surface area is 165 Å². The standard InChI is InChI=1S/C18H20N4O3S2/c1-24-13-5-6-14(25-2)12(10-13)11-19-16(23)7-8-22-17(20-21-18(22)26)15-4-3-9-27-15/h3-6,9-10H,7-8,11H2,1-2H3,(H,19,23)(H,21,26). The fourth-order valence-corrected chi connectivity index (χ4v) is 3.58. The van der Waals surface area contributed by atoms with E-state index in [1.165, 1.54) is 0 Å². The second kappa shape index (κ2) is 8.83. The predicted molar refractivity (Wildman–Crippen MR) is 107 cm³/mol. The zero-order chi connectivity index (χ0) is 19.2. The number of amides is 1. The zero-order valence-corrected chi connectivity index (χ0v) is 16.7. The number of hydrogen-bond acceptors (Lipinski definition) is 6. The van der Waals surface area contributed by atoms with Crippen LogP contribution < -0.4 is 14.8 Å². The minimum absolute atomic E-state index is 0.0832. The molecule has 0 unspecified atom stereocenters. The summed E-state index contributed by atoms with van der Waals surface area (Å²) < 4.78 is 12.9. The molecule has 2 aromatic heterocycles. The van der Waals surface area contributed by atoms with Crippen molar-refractivity contribution in [2.75, 3.05) is 14.2 Å². The first-order valence-electron chi connectivity index (χ1n) is 8.29. The van der Waals surface area contributed by atoms with Gasteiger partial charge >= 0.3 is 0 Å². The second-order valence-corrected chi connectivity index (χ2v) is 7.02. The van der Waals surface area contributed by atoms with Gasteiger partial charge in [-0.25, -0.2) is 0 Å². The van der Waals surface area contributed by atoms with Gasteiger partial charge < -0.3 is 14.8 Å². The number of benzene rings is 1. The number of carbonyl (C=O) groups is 1. The lowest BCUT2D eigenvalue weighted by molar-refractivity contribution is -0.121. The molecular weight excluding hydrogens is 384 g/mol. The summed E-state index contributed by atoms with van der Waals surface area (Å²) in [6, 6.07) is 9.41. The molecule has 0 saturated carbocycles. The Morgan fingerprint density at radius 1 is 1.33 bits per heavy atom. The van der Waals surface area contributed by atoms with Gasteiger partial charge in [0.1, 0.15) is 11.5 Å². The van der Waals surface area contributed by atoms with E-state index in [1.54, 1.807) is 25.6 Å². The van der Waals surface area contributed by atoms with Crippen molar-refractivity contribution in [2.45, 2.75) is 19.5 Å². The van der Waals surface area contributed by atoms with E-state index in [4.69, 9.17) is 21.7 Å². The lowest BCUT2D eigenvalue weighted by Crippen LogP contribution is -2.24. The number of carbonyl (C=O) groups excluding carboxylic acids is 1. The Hall–Kier alpha value is -2.65. The molecule has 0 aliphatic heterocycles. The highest BCUT2D eigenvalue weighted by Crippen LogP contribution is 2.24. The van der Waals surface area contributed by atoms with Gasteiger partial charge in [-0.1, -0.05) is 6.07 Å². The van der Waals surface area contributed by atoms with Gasteiger partial charge in [-0.2, -0.15) is 5.10 Å². The minimum Gasteiger partial charge on any atom is -0.497 e. The van der Waals surface area contributed by atoms with Crippen LogP contribution in [0.25, 0.3) is 10.7 Å². The van der Waals surface area contributed by atoms with E-state index in [-0.39, 0.29) is 5.91 Å². The Bertz CT molecular complexity index is 963. The van der Waals surface area contributed by atoms with Crippen LogP contribution in [0.2, 0.25) is 0 Å². The summed E-state index contributed by atoms with van der Waals surface area (Å²) in [5.74, 6) is 2.08. The number of nitrogens with zero attached hydrogens (tertiary/aromatic N) is 2. The maximum atomic E-state index is 12.3. The number of H-pyrrole nitrogens is 1. The Kier molecular flexibility index (Phi) is 6.25. The fraction of sp³-hybridized carbons (Fsp3) is 0.278. The minimum atomic E-state index is -0.0832. The van der Waals surface area contributed by atoms with Crippen molar-refractivity contribution in [3.05, 3.63) is 46.0 Å². The van der Waals surface area contributed by atoms with Gasteiger partial charge in [0.2, 0.25) is 5.91 Å². The normalized spacial score (nSPS) is 10.6. The van der Waals surface area contributed by atoms with Crippen molar-refractivity contribution in [3.63, 3.8) is 0 Å². The molecule has 0 spiro atoms. The SMILES string of the molecule is COc1ccc(OC)c(CNC(=O)CCn2c(-c3cccs3)n[nH]c2=S)c1. The summed E-state index contributed by atoms with van der Waals surface area (Å²) >= 11 is 6.86. The monoisotopic (exact) mass is 404 g/mol. The largest absolute Gasteiger partial charge is 0.497 e. The number of nitrogens with one attached hydrogen (secondary N) is 2. The number of aromatic amines is 1. The third-order valence-corrected chi connectivity index (χ3v) is 5.20. The molecule has 3 aromatic rings. The Morgan fingerprint density at radius 2 is 2.19 bits per heavy atom. The van der Waals surface area contributed by atoms with Gasteiger partial charge in [0, 0.05) is 25.1 Å². The Morgan fingerprint density at radius 3 is 2.89 bits per heavy atom. The third kappa shape index (κ3) is 4.55. The van der Waals surface area contributed by atoms with E-state index in [0.717, 1.165) is 16.3 Å². The van der Waals surface area contributed by atoms with Gasteiger partial charge in [-0.05, 0) is 41.9 Å². The van der Waals surface area contributed by atoms with Crippen LogP contribution in [0.1, 0.15) is 12.0 Å². The summed E-state index contributed by atoms with van der Waals surface area (Å²) in [4.78, 5) is 13.3. The van der Waals surface area contributed by atoms with E-state index in [9.17, 15) is 4.79 Å². The van der Waals surface area contributed by atoms with E-state index < -0.39 is 0 Å². The number of aromatic nitrogens is 3. The highest BCUT2D eigenvalue weighted by Gasteiger charge is 2.12. The molecule has 0 aliphatic rings. The third-order valence-electron chi connectivity index (χ3n) is 4.03. The fourth-order valence-electron chi connectivity index (χ4n) is 2.63. The van der Waals surface area contributed by atoms with Crippen molar-refractivity contribution in [1.29, 1.82) is 0 Å². The number of methoxy groups -OCH3 is 2. The second-order valence-electron chi connectivity index (χ2n) is 5.69. The number of rotatable bonds is 8. The first-order valence-corrected chi connectivity index (χ1v) is 9.58. The molecule has 27 heavy (non-hydrogen) atoms. The van der Waals surface area contributed by atoms with Crippen molar-refractivity contribution in [2.24, 2.45) is 0 Å². The molecule has 0 radical (unpaired) electrons. The van der Waals surface area contributed by atoms with E-state index >= 15 is 0 Å². The van der Waals surface area contributed by atoms with Crippen LogP contribution in [0.5, 0.6) is 11.5 Å². The van der Waals surface area contributed by atoms with Crippen LogP contribution in [0.4, 0.5) is 0 Å². The molecule has 7 nitrogen and oxygen atoms in total. The van der Waals surface area contributed by atoms with Crippen molar-refractivity contribution < 1.29 is 14.3 Å². The smallest absolute Gasteiger partial charge is 0.222 e. The highest BCUT2D eigenvalue weighted by atomic mass is 32.1. The van der Waals surface area contributed by atoms with Gasteiger partial charge in [0.15, 0.2) is 10.6 Å². The molecule has 0 fully saturated rings. The molecule has 9 heteroatoms.